The highest BCUT2D eigenvalue weighted by atomic mass is 16.1. The maximum Gasteiger partial charge on any atom is 0.223 e. The van der Waals surface area contributed by atoms with Crippen LogP contribution in [0.1, 0.15) is 46.0 Å². The maximum atomic E-state index is 11.9. The standard InChI is InChI=1S/C14H25N3O/c1-3-5-8-13(4-2)14(18)15-9-6-11-17-12-7-10-16-17/h7,10,12-13H,3-6,8-9,11H2,1-2H3,(H,15,18)/t13-/m0/s1. The molecular weight excluding hydrogens is 226 g/mol. The Balaban J connectivity index is 2.14. The van der Waals surface area contributed by atoms with Crippen molar-refractivity contribution in [2.75, 3.05) is 6.54 Å². The second kappa shape index (κ2) is 8.72. The summed E-state index contributed by atoms with van der Waals surface area (Å²) in [5.41, 5.74) is 0. The molecule has 0 aliphatic rings. The van der Waals surface area contributed by atoms with E-state index >= 15 is 0 Å². The monoisotopic (exact) mass is 251 g/mol. The minimum atomic E-state index is 0.189. The van der Waals surface area contributed by atoms with Gasteiger partial charge in [-0.2, -0.15) is 5.10 Å². The van der Waals surface area contributed by atoms with Gasteiger partial charge in [-0.3, -0.25) is 9.48 Å². The molecule has 102 valence electrons. The average molecular weight is 251 g/mol. The fraction of sp³-hybridized carbons (Fsp3) is 0.714. The Morgan fingerprint density at radius 1 is 1.39 bits per heavy atom. The molecule has 1 N–H and O–H groups in total. The van der Waals surface area contributed by atoms with E-state index < -0.39 is 0 Å². The molecule has 1 atom stereocenters. The number of hydrogen-bond donors (Lipinski definition) is 1. The molecule has 0 saturated heterocycles. The van der Waals surface area contributed by atoms with Crippen LogP contribution in [0.3, 0.4) is 0 Å². The number of carbonyl (C=O) groups excluding carboxylic acids is 1. The van der Waals surface area contributed by atoms with Crippen molar-refractivity contribution in [2.45, 2.75) is 52.5 Å². The summed E-state index contributed by atoms with van der Waals surface area (Å²) in [6, 6.07) is 1.91. The summed E-state index contributed by atoms with van der Waals surface area (Å²) in [6.07, 6.45) is 8.89. The van der Waals surface area contributed by atoms with Gasteiger partial charge >= 0.3 is 0 Å². The number of carbonyl (C=O) groups is 1. The molecule has 0 aliphatic carbocycles. The third-order valence-corrected chi connectivity index (χ3v) is 3.19. The molecule has 1 amide bonds. The van der Waals surface area contributed by atoms with Gasteiger partial charge in [0.15, 0.2) is 0 Å². The lowest BCUT2D eigenvalue weighted by Gasteiger charge is -2.14. The van der Waals surface area contributed by atoms with Crippen LogP contribution < -0.4 is 5.32 Å². The van der Waals surface area contributed by atoms with E-state index in [1.54, 1.807) is 6.20 Å². The molecule has 1 aromatic heterocycles. The second-order valence-corrected chi connectivity index (χ2v) is 4.66. The number of nitrogens with zero attached hydrogens (tertiary/aromatic N) is 2. The van der Waals surface area contributed by atoms with Gasteiger partial charge in [0.25, 0.3) is 0 Å². The predicted molar refractivity (Wildman–Crippen MR) is 73.2 cm³/mol. The molecule has 0 aliphatic heterocycles. The van der Waals surface area contributed by atoms with Crippen molar-refractivity contribution in [3.63, 3.8) is 0 Å². The topological polar surface area (TPSA) is 46.9 Å². The number of amides is 1. The SMILES string of the molecule is CCCC[C@H](CC)C(=O)NCCCn1cccn1. The number of unbranched alkanes of at least 4 members (excludes halogenated alkanes) is 1. The molecule has 0 spiro atoms. The first-order valence-corrected chi connectivity index (χ1v) is 7.03. The summed E-state index contributed by atoms with van der Waals surface area (Å²) < 4.78 is 1.89. The molecule has 0 radical (unpaired) electrons. The van der Waals surface area contributed by atoms with Crippen LogP contribution in [-0.2, 0) is 11.3 Å². The van der Waals surface area contributed by atoms with E-state index in [9.17, 15) is 4.79 Å². The molecule has 0 saturated carbocycles. The lowest BCUT2D eigenvalue weighted by Crippen LogP contribution is -2.31. The number of aryl methyl sites for hydroxylation is 1. The smallest absolute Gasteiger partial charge is 0.223 e. The van der Waals surface area contributed by atoms with Crippen LogP contribution in [0.2, 0.25) is 0 Å². The Hall–Kier alpha value is -1.32. The Kier molecular flexibility index (Phi) is 7.14. The first-order valence-electron chi connectivity index (χ1n) is 7.03. The molecule has 0 bridgehead atoms. The molecule has 1 heterocycles. The lowest BCUT2D eigenvalue weighted by molar-refractivity contribution is -0.125. The van der Waals surface area contributed by atoms with Gasteiger partial charge in [0.1, 0.15) is 0 Å². The fourth-order valence-corrected chi connectivity index (χ4v) is 2.00. The zero-order valence-corrected chi connectivity index (χ0v) is 11.6. The summed E-state index contributed by atoms with van der Waals surface area (Å²) in [5, 5.41) is 7.15. The number of rotatable bonds is 9. The van der Waals surface area contributed by atoms with Gasteiger partial charge in [-0.1, -0.05) is 26.7 Å². The number of nitrogens with one attached hydrogen (secondary N) is 1. The minimum absolute atomic E-state index is 0.189. The van der Waals surface area contributed by atoms with E-state index in [0.717, 1.165) is 45.2 Å². The van der Waals surface area contributed by atoms with Gasteiger partial charge < -0.3 is 5.32 Å². The van der Waals surface area contributed by atoms with Crippen molar-refractivity contribution < 1.29 is 4.79 Å². The Labute approximate surface area is 110 Å². The van der Waals surface area contributed by atoms with Crippen LogP contribution in [0.25, 0.3) is 0 Å². The molecule has 1 aromatic rings. The van der Waals surface area contributed by atoms with Gasteiger partial charge in [-0.15, -0.1) is 0 Å². The van der Waals surface area contributed by atoms with Gasteiger partial charge in [0.05, 0.1) is 0 Å². The lowest BCUT2D eigenvalue weighted by atomic mass is 9.98. The number of aromatic nitrogens is 2. The van der Waals surface area contributed by atoms with E-state index in [4.69, 9.17) is 0 Å². The Morgan fingerprint density at radius 2 is 2.22 bits per heavy atom. The van der Waals surface area contributed by atoms with Gasteiger partial charge in [-0.05, 0) is 25.3 Å². The first kappa shape index (κ1) is 14.7. The third kappa shape index (κ3) is 5.34. The third-order valence-electron chi connectivity index (χ3n) is 3.19. The highest BCUT2D eigenvalue weighted by molar-refractivity contribution is 5.78. The molecule has 18 heavy (non-hydrogen) atoms. The van der Waals surface area contributed by atoms with Crippen molar-refractivity contribution in [3.05, 3.63) is 18.5 Å². The molecule has 0 aromatic carbocycles. The van der Waals surface area contributed by atoms with Crippen molar-refractivity contribution in [3.8, 4) is 0 Å². The van der Waals surface area contributed by atoms with Crippen LogP contribution in [0.4, 0.5) is 0 Å². The van der Waals surface area contributed by atoms with Crippen LogP contribution in [-0.4, -0.2) is 22.2 Å². The average Bonchev–Trinajstić information content (AvgIpc) is 2.88. The molecule has 0 fully saturated rings. The van der Waals surface area contributed by atoms with Crippen LogP contribution >= 0.6 is 0 Å². The summed E-state index contributed by atoms with van der Waals surface area (Å²) in [6.45, 7) is 5.85. The second-order valence-electron chi connectivity index (χ2n) is 4.66. The predicted octanol–water partition coefficient (Wildman–Crippen LogP) is 2.61. The fourth-order valence-electron chi connectivity index (χ4n) is 2.00. The summed E-state index contributed by atoms with van der Waals surface area (Å²) in [4.78, 5) is 11.9. The van der Waals surface area contributed by atoms with Crippen LogP contribution in [0.15, 0.2) is 18.5 Å². The van der Waals surface area contributed by atoms with Crippen LogP contribution in [0, 0.1) is 5.92 Å². The van der Waals surface area contributed by atoms with Gasteiger partial charge in [0, 0.05) is 31.4 Å². The molecule has 1 rings (SSSR count). The normalized spacial score (nSPS) is 12.3. The highest BCUT2D eigenvalue weighted by Gasteiger charge is 2.14. The molecule has 0 unspecified atom stereocenters. The Bertz CT molecular complexity index is 322. The summed E-state index contributed by atoms with van der Waals surface area (Å²) >= 11 is 0. The Morgan fingerprint density at radius 3 is 2.83 bits per heavy atom. The van der Waals surface area contributed by atoms with E-state index in [1.165, 1.54) is 0 Å². The van der Waals surface area contributed by atoms with E-state index in [-0.39, 0.29) is 11.8 Å². The highest BCUT2D eigenvalue weighted by Crippen LogP contribution is 2.12. The minimum Gasteiger partial charge on any atom is -0.356 e. The largest absolute Gasteiger partial charge is 0.356 e. The van der Waals surface area contributed by atoms with Crippen LogP contribution in [0.5, 0.6) is 0 Å². The zero-order chi connectivity index (χ0) is 13.2. The number of hydrogen-bond acceptors (Lipinski definition) is 2. The maximum absolute atomic E-state index is 11.9. The van der Waals surface area contributed by atoms with Crippen molar-refractivity contribution in [1.29, 1.82) is 0 Å². The summed E-state index contributed by atoms with van der Waals surface area (Å²) in [7, 11) is 0. The van der Waals surface area contributed by atoms with E-state index in [2.05, 4.69) is 24.3 Å². The molecule has 4 heteroatoms. The molecule has 4 nitrogen and oxygen atoms in total. The first-order chi connectivity index (χ1) is 8.77. The quantitative estimate of drug-likeness (QED) is 0.686. The zero-order valence-electron chi connectivity index (χ0n) is 11.6. The van der Waals surface area contributed by atoms with Gasteiger partial charge in [-0.25, -0.2) is 0 Å². The van der Waals surface area contributed by atoms with Crippen molar-refractivity contribution in [2.24, 2.45) is 5.92 Å². The molecular formula is C14H25N3O. The van der Waals surface area contributed by atoms with Crippen molar-refractivity contribution >= 4 is 5.91 Å². The van der Waals surface area contributed by atoms with E-state index in [1.807, 2.05) is 16.9 Å². The summed E-state index contributed by atoms with van der Waals surface area (Å²) in [5.74, 6) is 0.404. The van der Waals surface area contributed by atoms with E-state index in [0.29, 0.717) is 0 Å². The van der Waals surface area contributed by atoms with Crippen molar-refractivity contribution in [1.82, 2.24) is 15.1 Å². The van der Waals surface area contributed by atoms with Gasteiger partial charge in [0.2, 0.25) is 5.91 Å².